The number of esters is 1. The lowest BCUT2D eigenvalue weighted by molar-refractivity contribution is -0.146. The first-order valence-electron chi connectivity index (χ1n) is 7.58. The third-order valence-corrected chi connectivity index (χ3v) is 3.50. The molecular formula is C17H24FNO3. The second-order valence-electron chi connectivity index (χ2n) is 5.42. The van der Waals surface area contributed by atoms with E-state index >= 15 is 0 Å². The van der Waals surface area contributed by atoms with Gasteiger partial charge in [-0.15, -0.1) is 0 Å². The van der Waals surface area contributed by atoms with Crippen LogP contribution >= 0.6 is 0 Å². The molecule has 0 aliphatic rings. The molecule has 122 valence electrons. The van der Waals surface area contributed by atoms with Gasteiger partial charge >= 0.3 is 5.97 Å². The highest BCUT2D eigenvalue weighted by molar-refractivity contribution is 5.80. The number of hydrogen-bond acceptors (Lipinski definition) is 3. The van der Waals surface area contributed by atoms with Crippen LogP contribution in [0.5, 0.6) is 0 Å². The van der Waals surface area contributed by atoms with Crippen LogP contribution in [0.4, 0.5) is 4.39 Å². The van der Waals surface area contributed by atoms with Crippen molar-refractivity contribution in [1.82, 2.24) is 4.90 Å². The number of halogens is 1. The predicted molar refractivity (Wildman–Crippen MR) is 82.8 cm³/mol. The molecule has 5 heteroatoms. The van der Waals surface area contributed by atoms with E-state index in [1.54, 1.807) is 24.0 Å². The number of nitrogens with zero attached hydrogens (tertiary/aromatic N) is 1. The summed E-state index contributed by atoms with van der Waals surface area (Å²) < 4.78 is 17.6. The van der Waals surface area contributed by atoms with Crippen molar-refractivity contribution in [3.05, 3.63) is 35.6 Å². The molecule has 0 bridgehead atoms. The standard InChI is InChI=1S/C17H24FNO3/c1-4-5-10-19(12-13(2)17(21)22-3)16(20)11-14-6-8-15(18)9-7-14/h6-9,13H,4-5,10-12H2,1-3H3. The third kappa shape index (κ3) is 5.84. The number of carbonyl (C=O) groups is 2. The Hall–Kier alpha value is -1.91. The first-order valence-corrected chi connectivity index (χ1v) is 7.58. The average molecular weight is 309 g/mol. The van der Waals surface area contributed by atoms with Crippen LogP contribution in [0.25, 0.3) is 0 Å². The zero-order valence-corrected chi connectivity index (χ0v) is 13.5. The normalized spacial score (nSPS) is 11.8. The SMILES string of the molecule is CCCCN(CC(C)C(=O)OC)C(=O)Cc1ccc(F)cc1. The molecule has 0 aliphatic carbocycles. The van der Waals surface area contributed by atoms with E-state index in [0.717, 1.165) is 18.4 Å². The van der Waals surface area contributed by atoms with Gasteiger partial charge in [0.1, 0.15) is 5.82 Å². The maximum absolute atomic E-state index is 12.9. The van der Waals surface area contributed by atoms with Crippen LogP contribution in [-0.2, 0) is 20.7 Å². The highest BCUT2D eigenvalue weighted by Crippen LogP contribution is 2.09. The molecule has 0 spiro atoms. The Balaban J connectivity index is 2.70. The summed E-state index contributed by atoms with van der Waals surface area (Å²) in [6, 6.07) is 5.90. The zero-order chi connectivity index (χ0) is 16.5. The van der Waals surface area contributed by atoms with Gasteiger partial charge < -0.3 is 9.64 Å². The van der Waals surface area contributed by atoms with Gasteiger partial charge in [-0.3, -0.25) is 9.59 Å². The number of benzene rings is 1. The summed E-state index contributed by atoms with van der Waals surface area (Å²) >= 11 is 0. The first kappa shape index (κ1) is 18.1. The van der Waals surface area contributed by atoms with E-state index in [1.165, 1.54) is 19.2 Å². The molecule has 0 aliphatic heterocycles. The smallest absolute Gasteiger partial charge is 0.310 e. The molecule has 0 saturated heterocycles. The molecule has 22 heavy (non-hydrogen) atoms. The summed E-state index contributed by atoms with van der Waals surface area (Å²) in [6.45, 7) is 4.74. The Labute approximate surface area is 131 Å². The van der Waals surface area contributed by atoms with E-state index in [0.29, 0.717) is 13.1 Å². The van der Waals surface area contributed by atoms with Gasteiger partial charge in [-0.25, -0.2) is 4.39 Å². The Bertz CT molecular complexity index is 487. The monoisotopic (exact) mass is 309 g/mol. The number of hydrogen-bond donors (Lipinski definition) is 0. The summed E-state index contributed by atoms with van der Waals surface area (Å²) in [6.07, 6.45) is 2.05. The van der Waals surface area contributed by atoms with E-state index in [1.807, 2.05) is 6.92 Å². The number of methoxy groups -OCH3 is 1. The van der Waals surface area contributed by atoms with Crippen molar-refractivity contribution in [1.29, 1.82) is 0 Å². The van der Waals surface area contributed by atoms with Crippen molar-refractivity contribution in [2.75, 3.05) is 20.2 Å². The molecule has 1 unspecified atom stereocenters. The quantitative estimate of drug-likeness (QED) is 0.694. The lowest BCUT2D eigenvalue weighted by atomic mass is 10.1. The van der Waals surface area contributed by atoms with Gasteiger partial charge in [0, 0.05) is 13.1 Å². The van der Waals surface area contributed by atoms with E-state index < -0.39 is 0 Å². The average Bonchev–Trinajstić information content (AvgIpc) is 2.52. The van der Waals surface area contributed by atoms with Crippen LogP contribution in [0.3, 0.4) is 0 Å². The second kappa shape index (κ2) is 9.18. The molecule has 0 fully saturated rings. The molecule has 0 N–H and O–H groups in total. The van der Waals surface area contributed by atoms with Crippen molar-refractivity contribution in [3.8, 4) is 0 Å². The summed E-state index contributed by atoms with van der Waals surface area (Å²) in [5.41, 5.74) is 0.763. The summed E-state index contributed by atoms with van der Waals surface area (Å²) in [4.78, 5) is 25.7. The van der Waals surface area contributed by atoms with Gasteiger partial charge in [-0.1, -0.05) is 32.4 Å². The molecule has 4 nitrogen and oxygen atoms in total. The molecule has 1 amide bonds. The van der Waals surface area contributed by atoms with Crippen LogP contribution in [-0.4, -0.2) is 37.0 Å². The first-order chi connectivity index (χ1) is 10.5. The van der Waals surface area contributed by atoms with Crippen LogP contribution in [0.2, 0.25) is 0 Å². The zero-order valence-electron chi connectivity index (χ0n) is 13.5. The molecule has 0 heterocycles. The Morgan fingerprint density at radius 2 is 1.91 bits per heavy atom. The predicted octanol–water partition coefficient (Wildman–Crippen LogP) is 2.81. The van der Waals surface area contributed by atoms with E-state index in [2.05, 4.69) is 0 Å². The number of unbranched alkanes of at least 4 members (excludes halogenated alkanes) is 1. The van der Waals surface area contributed by atoms with Crippen LogP contribution in [0.15, 0.2) is 24.3 Å². The van der Waals surface area contributed by atoms with E-state index in [9.17, 15) is 14.0 Å². The van der Waals surface area contributed by atoms with Gasteiger partial charge in [0.15, 0.2) is 0 Å². The van der Waals surface area contributed by atoms with Crippen molar-refractivity contribution in [2.24, 2.45) is 5.92 Å². The van der Waals surface area contributed by atoms with Crippen LogP contribution in [0.1, 0.15) is 32.3 Å². The third-order valence-electron chi connectivity index (χ3n) is 3.50. The fraction of sp³-hybridized carbons (Fsp3) is 0.529. The van der Waals surface area contributed by atoms with E-state index in [4.69, 9.17) is 4.74 Å². The van der Waals surface area contributed by atoms with Gasteiger partial charge in [-0.05, 0) is 24.1 Å². The maximum atomic E-state index is 12.9. The summed E-state index contributed by atoms with van der Waals surface area (Å²) in [5, 5.41) is 0. The number of ether oxygens (including phenoxy) is 1. The molecule has 0 saturated carbocycles. The van der Waals surface area contributed by atoms with Crippen molar-refractivity contribution in [2.45, 2.75) is 33.1 Å². The lowest BCUT2D eigenvalue weighted by Gasteiger charge is -2.25. The van der Waals surface area contributed by atoms with Gasteiger partial charge in [0.05, 0.1) is 19.4 Å². The largest absolute Gasteiger partial charge is 0.469 e. The maximum Gasteiger partial charge on any atom is 0.310 e. The van der Waals surface area contributed by atoms with Crippen molar-refractivity contribution >= 4 is 11.9 Å². The Morgan fingerprint density at radius 3 is 2.45 bits per heavy atom. The van der Waals surface area contributed by atoms with Gasteiger partial charge in [-0.2, -0.15) is 0 Å². The lowest BCUT2D eigenvalue weighted by Crippen LogP contribution is -2.38. The number of carbonyl (C=O) groups excluding carboxylic acids is 2. The van der Waals surface area contributed by atoms with Crippen molar-refractivity contribution < 1.29 is 18.7 Å². The van der Waals surface area contributed by atoms with Gasteiger partial charge in [0.2, 0.25) is 5.91 Å². The van der Waals surface area contributed by atoms with Crippen LogP contribution in [0, 0.1) is 11.7 Å². The second-order valence-corrected chi connectivity index (χ2v) is 5.42. The highest BCUT2D eigenvalue weighted by atomic mass is 19.1. The molecule has 0 aromatic heterocycles. The number of rotatable bonds is 8. The minimum absolute atomic E-state index is 0.0594. The molecule has 1 atom stereocenters. The molecular weight excluding hydrogens is 285 g/mol. The molecule has 1 rings (SSSR count). The summed E-state index contributed by atoms with van der Waals surface area (Å²) in [5.74, 6) is -1.07. The van der Waals surface area contributed by atoms with E-state index in [-0.39, 0.29) is 30.0 Å². The van der Waals surface area contributed by atoms with Crippen molar-refractivity contribution in [3.63, 3.8) is 0 Å². The van der Waals surface area contributed by atoms with Crippen LogP contribution < -0.4 is 0 Å². The Morgan fingerprint density at radius 1 is 1.27 bits per heavy atom. The number of amides is 1. The molecule has 0 radical (unpaired) electrons. The molecule has 1 aromatic rings. The minimum Gasteiger partial charge on any atom is -0.469 e. The fourth-order valence-corrected chi connectivity index (χ4v) is 2.16. The summed E-state index contributed by atoms with van der Waals surface area (Å²) in [7, 11) is 1.34. The topological polar surface area (TPSA) is 46.6 Å². The fourth-order valence-electron chi connectivity index (χ4n) is 2.16. The van der Waals surface area contributed by atoms with Gasteiger partial charge in [0.25, 0.3) is 0 Å². The Kier molecular flexibility index (Phi) is 7.57. The molecule has 1 aromatic carbocycles. The highest BCUT2D eigenvalue weighted by Gasteiger charge is 2.21. The minimum atomic E-state index is -0.362.